The molecule has 0 bridgehead atoms. The summed E-state index contributed by atoms with van der Waals surface area (Å²) in [7, 11) is 0. The maximum absolute atomic E-state index is 11.0. The summed E-state index contributed by atoms with van der Waals surface area (Å²) >= 11 is 6.11. The zero-order valence-electron chi connectivity index (χ0n) is 13.0. The molecule has 0 amide bonds. The Morgan fingerprint density at radius 2 is 2.04 bits per heavy atom. The van der Waals surface area contributed by atoms with E-state index in [9.17, 15) is 4.79 Å². The first kappa shape index (κ1) is 15.6. The Bertz CT molecular complexity index is 899. The summed E-state index contributed by atoms with van der Waals surface area (Å²) in [5.74, 6) is -0.813. The summed E-state index contributed by atoms with van der Waals surface area (Å²) in [4.78, 5) is 15.7. The average Bonchev–Trinajstić information content (AvgIpc) is 2.88. The molecule has 3 aromatic rings. The van der Waals surface area contributed by atoms with Crippen LogP contribution in [0.15, 0.2) is 36.4 Å². The summed E-state index contributed by atoms with van der Waals surface area (Å²) in [6.07, 6.45) is 0.500. The number of benzene rings is 1. The lowest BCUT2D eigenvalue weighted by Gasteiger charge is -2.07. The van der Waals surface area contributed by atoms with E-state index in [2.05, 4.69) is 0 Å². The molecular weight excluding hydrogens is 312 g/mol. The van der Waals surface area contributed by atoms with Crippen molar-refractivity contribution in [2.45, 2.75) is 26.7 Å². The first-order chi connectivity index (χ1) is 11.0. The summed E-state index contributed by atoms with van der Waals surface area (Å²) < 4.78 is 2.03. The second-order valence-corrected chi connectivity index (χ2v) is 6.03. The second kappa shape index (κ2) is 6.05. The molecule has 0 saturated carbocycles. The Hall–Kier alpha value is -2.33. The largest absolute Gasteiger partial charge is 0.481 e. The van der Waals surface area contributed by atoms with Crippen LogP contribution in [0.3, 0.4) is 0 Å². The molecule has 5 heteroatoms. The zero-order valence-corrected chi connectivity index (χ0v) is 13.8. The van der Waals surface area contributed by atoms with Crippen LogP contribution in [0, 0.1) is 13.8 Å². The third-order valence-corrected chi connectivity index (χ3v) is 4.37. The van der Waals surface area contributed by atoms with E-state index >= 15 is 0 Å². The molecular formula is C18H17ClN2O2. The Morgan fingerprint density at radius 1 is 1.26 bits per heavy atom. The topological polar surface area (TPSA) is 54.6 Å². The smallest absolute Gasteiger partial charge is 0.303 e. The van der Waals surface area contributed by atoms with E-state index in [-0.39, 0.29) is 6.42 Å². The number of hydrogen-bond acceptors (Lipinski definition) is 2. The van der Waals surface area contributed by atoms with Crippen LogP contribution >= 0.6 is 11.6 Å². The molecule has 0 spiro atoms. The maximum atomic E-state index is 11.0. The number of fused-ring (bicyclic) bond motifs is 1. The number of halogens is 1. The van der Waals surface area contributed by atoms with Crippen LogP contribution in [0.4, 0.5) is 0 Å². The van der Waals surface area contributed by atoms with Crippen LogP contribution in [0.25, 0.3) is 16.9 Å². The molecule has 0 radical (unpaired) electrons. The highest BCUT2D eigenvalue weighted by molar-refractivity contribution is 6.31. The minimum absolute atomic E-state index is 0.0711. The lowest BCUT2D eigenvalue weighted by molar-refractivity contribution is -0.136. The van der Waals surface area contributed by atoms with Crippen molar-refractivity contribution in [3.63, 3.8) is 0 Å². The third kappa shape index (κ3) is 2.94. The molecule has 0 fully saturated rings. The van der Waals surface area contributed by atoms with Crippen LogP contribution < -0.4 is 0 Å². The first-order valence-corrected chi connectivity index (χ1v) is 7.80. The molecule has 3 rings (SSSR count). The summed E-state index contributed by atoms with van der Waals surface area (Å²) in [5, 5.41) is 9.76. The molecule has 0 aliphatic heterocycles. The van der Waals surface area contributed by atoms with Crippen molar-refractivity contribution in [3.05, 3.63) is 58.4 Å². The molecule has 118 valence electrons. The van der Waals surface area contributed by atoms with Gasteiger partial charge in [-0.3, -0.25) is 4.79 Å². The van der Waals surface area contributed by atoms with Gasteiger partial charge in [0, 0.05) is 22.7 Å². The standard InChI is InChI=1S/C18H17ClN2O2/c1-11-10-13(6-7-14(11)19)18-15(8-9-17(22)23)21-12(2)4-3-5-16(21)20-18/h3-7,10H,8-9H2,1-2H3,(H,22,23). The average molecular weight is 329 g/mol. The Kier molecular flexibility index (Phi) is 4.09. The van der Waals surface area contributed by atoms with E-state index in [1.54, 1.807) is 0 Å². The molecule has 0 aliphatic carbocycles. The van der Waals surface area contributed by atoms with Crippen molar-refractivity contribution in [1.29, 1.82) is 0 Å². The second-order valence-electron chi connectivity index (χ2n) is 5.63. The van der Waals surface area contributed by atoms with E-state index in [0.717, 1.165) is 33.9 Å². The van der Waals surface area contributed by atoms with Crippen molar-refractivity contribution in [2.24, 2.45) is 0 Å². The van der Waals surface area contributed by atoms with Gasteiger partial charge in [-0.2, -0.15) is 0 Å². The molecule has 2 aromatic heterocycles. The van der Waals surface area contributed by atoms with Crippen molar-refractivity contribution in [1.82, 2.24) is 9.38 Å². The van der Waals surface area contributed by atoms with Crippen LogP contribution in [-0.4, -0.2) is 20.5 Å². The lowest BCUT2D eigenvalue weighted by Crippen LogP contribution is -2.03. The number of nitrogens with zero attached hydrogens (tertiary/aromatic N) is 2. The van der Waals surface area contributed by atoms with Gasteiger partial charge in [0.2, 0.25) is 0 Å². The van der Waals surface area contributed by atoms with Gasteiger partial charge in [-0.1, -0.05) is 23.7 Å². The van der Waals surface area contributed by atoms with Gasteiger partial charge in [-0.15, -0.1) is 0 Å². The van der Waals surface area contributed by atoms with Crippen molar-refractivity contribution in [3.8, 4) is 11.3 Å². The van der Waals surface area contributed by atoms with Crippen LogP contribution in [0.1, 0.15) is 23.4 Å². The third-order valence-electron chi connectivity index (χ3n) is 3.94. The van der Waals surface area contributed by atoms with Crippen molar-refractivity contribution >= 4 is 23.2 Å². The summed E-state index contributed by atoms with van der Waals surface area (Å²) in [6, 6.07) is 11.7. The number of aryl methyl sites for hydroxylation is 3. The number of hydrogen-bond donors (Lipinski definition) is 1. The Balaban J connectivity index is 2.22. The monoisotopic (exact) mass is 328 g/mol. The predicted molar refractivity (Wildman–Crippen MR) is 91.1 cm³/mol. The first-order valence-electron chi connectivity index (χ1n) is 7.42. The van der Waals surface area contributed by atoms with Crippen LogP contribution in [-0.2, 0) is 11.2 Å². The number of aromatic nitrogens is 2. The van der Waals surface area contributed by atoms with E-state index in [0.29, 0.717) is 11.4 Å². The van der Waals surface area contributed by atoms with Gasteiger partial charge in [-0.05, 0) is 43.7 Å². The van der Waals surface area contributed by atoms with Gasteiger partial charge in [0.25, 0.3) is 0 Å². The fourth-order valence-corrected chi connectivity index (χ4v) is 2.92. The molecule has 2 heterocycles. The zero-order chi connectivity index (χ0) is 16.6. The number of imidazole rings is 1. The Labute approximate surface area is 139 Å². The predicted octanol–water partition coefficient (Wildman–Crippen LogP) is 4.29. The van der Waals surface area contributed by atoms with Gasteiger partial charge in [-0.25, -0.2) is 4.98 Å². The number of carboxylic acid groups (broad SMARTS) is 1. The normalized spacial score (nSPS) is 11.1. The van der Waals surface area contributed by atoms with Crippen LogP contribution in [0.2, 0.25) is 5.02 Å². The van der Waals surface area contributed by atoms with Gasteiger partial charge < -0.3 is 9.51 Å². The highest BCUT2D eigenvalue weighted by Gasteiger charge is 2.16. The number of carbonyl (C=O) groups is 1. The lowest BCUT2D eigenvalue weighted by atomic mass is 10.0. The van der Waals surface area contributed by atoms with Crippen molar-refractivity contribution < 1.29 is 9.90 Å². The fourth-order valence-electron chi connectivity index (χ4n) is 2.81. The van der Waals surface area contributed by atoms with Gasteiger partial charge in [0.1, 0.15) is 5.65 Å². The van der Waals surface area contributed by atoms with E-state index in [4.69, 9.17) is 21.7 Å². The molecule has 0 aliphatic rings. The summed E-state index contributed by atoms with van der Waals surface area (Å²) in [5.41, 5.74) is 5.53. The minimum atomic E-state index is -0.813. The van der Waals surface area contributed by atoms with Crippen LogP contribution in [0.5, 0.6) is 0 Å². The molecule has 23 heavy (non-hydrogen) atoms. The number of aliphatic carboxylic acids is 1. The van der Waals surface area contributed by atoms with E-state index in [1.165, 1.54) is 0 Å². The quantitative estimate of drug-likeness (QED) is 0.777. The minimum Gasteiger partial charge on any atom is -0.481 e. The summed E-state index contributed by atoms with van der Waals surface area (Å²) in [6.45, 7) is 3.94. The van der Waals surface area contributed by atoms with Gasteiger partial charge >= 0.3 is 5.97 Å². The van der Waals surface area contributed by atoms with Gasteiger partial charge in [0.05, 0.1) is 17.8 Å². The Morgan fingerprint density at radius 3 is 2.74 bits per heavy atom. The molecule has 0 saturated heterocycles. The number of rotatable bonds is 4. The number of pyridine rings is 1. The molecule has 1 N–H and O–H groups in total. The van der Waals surface area contributed by atoms with Crippen molar-refractivity contribution in [2.75, 3.05) is 0 Å². The molecule has 0 atom stereocenters. The SMILES string of the molecule is Cc1cc(-c2nc3cccc(C)n3c2CCC(=O)O)ccc1Cl. The number of carboxylic acids is 1. The van der Waals surface area contributed by atoms with E-state index in [1.807, 2.05) is 54.6 Å². The molecule has 4 nitrogen and oxygen atoms in total. The fraction of sp³-hybridized carbons (Fsp3) is 0.222. The molecule has 0 unspecified atom stereocenters. The highest BCUT2D eigenvalue weighted by atomic mass is 35.5. The maximum Gasteiger partial charge on any atom is 0.303 e. The van der Waals surface area contributed by atoms with Gasteiger partial charge in [0.15, 0.2) is 0 Å². The highest BCUT2D eigenvalue weighted by Crippen LogP contribution is 2.29. The molecule has 1 aromatic carbocycles. The van der Waals surface area contributed by atoms with E-state index < -0.39 is 5.97 Å².